The largest absolute Gasteiger partial charge is 0.298 e. The second kappa shape index (κ2) is 6.57. The van der Waals surface area contributed by atoms with Crippen LogP contribution in [-0.4, -0.2) is 15.9 Å². The zero-order chi connectivity index (χ0) is 18.2. The minimum Gasteiger partial charge on any atom is -0.298 e. The first-order valence-corrected chi connectivity index (χ1v) is 10.1. The monoisotopic (exact) mass is 387 g/mol. The molecule has 3 aromatic carbocycles. The van der Waals surface area contributed by atoms with E-state index in [9.17, 15) is 4.79 Å². The fraction of sp³-hybridized carbons (Fsp3) is 0. The average molecular weight is 387 g/mol. The summed E-state index contributed by atoms with van der Waals surface area (Å²) in [5, 5.41) is 7.80. The number of thiazole rings is 2. The molecule has 1 amide bonds. The van der Waals surface area contributed by atoms with Gasteiger partial charge in [-0.25, -0.2) is 9.97 Å². The first-order valence-electron chi connectivity index (χ1n) is 8.36. The zero-order valence-corrected chi connectivity index (χ0v) is 15.7. The van der Waals surface area contributed by atoms with Gasteiger partial charge in [0, 0.05) is 16.5 Å². The van der Waals surface area contributed by atoms with Gasteiger partial charge >= 0.3 is 0 Å². The van der Waals surface area contributed by atoms with Crippen molar-refractivity contribution in [2.24, 2.45) is 0 Å². The Morgan fingerprint density at radius 3 is 2.81 bits per heavy atom. The van der Waals surface area contributed by atoms with Gasteiger partial charge in [0.1, 0.15) is 0 Å². The van der Waals surface area contributed by atoms with E-state index in [-0.39, 0.29) is 5.91 Å². The lowest BCUT2D eigenvalue weighted by Crippen LogP contribution is -2.11. The van der Waals surface area contributed by atoms with Crippen LogP contribution in [0, 0.1) is 0 Å². The van der Waals surface area contributed by atoms with Gasteiger partial charge in [0.15, 0.2) is 5.13 Å². The first kappa shape index (κ1) is 16.1. The van der Waals surface area contributed by atoms with Crippen molar-refractivity contribution in [1.29, 1.82) is 0 Å². The van der Waals surface area contributed by atoms with Crippen LogP contribution in [0.15, 0.2) is 71.6 Å². The number of amides is 1. The van der Waals surface area contributed by atoms with Crippen molar-refractivity contribution in [3.8, 4) is 11.3 Å². The number of hydrogen-bond acceptors (Lipinski definition) is 5. The average Bonchev–Trinajstić information content (AvgIpc) is 3.36. The summed E-state index contributed by atoms with van der Waals surface area (Å²) in [5.41, 5.74) is 5.22. The van der Waals surface area contributed by atoms with E-state index in [2.05, 4.69) is 39.6 Å². The Morgan fingerprint density at radius 1 is 0.963 bits per heavy atom. The van der Waals surface area contributed by atoms with Crippen molar-refractivity contribution in [2.45, 2.75) is 0 Å². The van der Waals surface area contributed by atoms with Crippen molar-refractivity contribution in [3.63, 3.8) is 0 Å². The SMILES string of the molecule is O=C(Nc1nc(-c2cccc3ccccc23)cs1)c1ccc2ncsc2c1. The number of carbonyl (C=O) groups excluding carboxylic acids is 1. The molecule has 6 heteroatoms. The molecule has 4 nitrogen and oxygen atoms in total. The fourth-order valence-corrected chi connectivity index (χ4v) is 4.49. The van der Waals surface area contributed by atoms with Crippen molar-refractivity contribution in [1.82, 2.24) is 9.97 Å². The third-order valence-corrected chi connectivity index (χ3v) is 5.93. The Kier molecular flexibility index (Phi) is 3.92. The van der Waals surface area contributed by atoms with Crippen LogP contribution in [-0.2, 0) is 0 Å². The molecule has 0 unspecified atom stereocenters. The van der Waals surface area contributed by atoms with Crippen molar-refractivity contribution >= 4 is 54.7 Å². The number of aromatic nitrogens is 2. The maximum Gasteiger partial charge on any atom is 0.257 e. The van der Waals surface area contributed by atoms with E-state index in [0.717, 1.165) is 26.9 Å². The van der Waals surface area contributed by atoms with Gasteiger partial charge < -0.3 is 0 Å². The summed E-state index contributed by atoms with van der Waals surface area (Å²) in [7, 11) is 0. The normalized spacial score (nSPS) is 11.1. The number of anilines is 1. The fourth-order valence-electron chi connectivity index (χ4n) is 3.07. The molecular formula is C21H13N3OS2. The molecular weight excluding hydrogens is 374 g/mol. The summed E-state index contributed by atoms with van der Waals surface area (Å²) in [4.78, 5) is 21.4. The lowest BCUT2D eigenvalue weighted by atomic mass is 10.0. The van der Waals surface area contributed by atoms with Gasteiger partial charge in [-0.05, 0) is 29.0 Å². The van der Waals surface area contributed by atoms with E-state index >= 15 is 0 Å². The van der Waals surface area contributed by atoms with Gasteiger partial charge in [0.2, 0.25) is 0 Å². The van der Waals surface area contributed by atoms with Crippen molar-refractivity contribution < 1.29 is 4.79 Å². The first-order chi connectivity index (χ1) is 13.3. The van der Waals surface area contributed by atoms with Crippen LogP contribution >= 0.6 is 22.7 Å². The molecule has 27 heavy (non-hydrogen) atoms. The summed E-state index contributed by atoms with van der Waals surface area (Å²) in [5.74, 6) is -0.163. The number of rotatable bonds is 3. The molecule has 0 spiro atoms. The van der Waals surface area contributed by atoms with Crippen LogP contribution in [0.1, 0.15) is 10.4 Å². The van der Waals surface area contributed by atoms with Gasteiger partial charge in [-0.15, -0.1) is 22.7 Å². The van der Waals surface area contributed by atoms with Gasteiger partial charge in [-0.2, -0.15) is 0 Å². The minimum absolute atomic E-state index is 0.163. The summed E-state index contributed by atoms with van der Waals surface area (Å²) >= 11 is 2.95. The molecule has 0 fully saturated rings. The standard InChI is InChI=1S/C21H13N3OS2/c25-20(14-8-9-17-19(10-14)27-12-22-17)24-21-23-18(11-26-21)16-7-3-5-13-4-1-2-6-15(13)16/h1-12H,(H,23,24,25). The summed E-state index contributed by atoms with van der Waals surface area (Å²) < 4.78 is 0.998. The van der Waals surface area contributed by atoms with Gasteiger partial charge in [-0.3, -0.25) is 10.1 Å². The number of nitrogens with zero attached hydrogens (tertiary/aromatic N) is 2. The summed E-state index contributed by atoms with van der Waals surface area (Å²) in [6, 6.07) is 19.9. The molecule has 1 N–H and O–H groups in total. The molecule has 0 bridgehead atoms. The smallest absolute Gasteiger partial charge is 0.257 e. The molecule has 0 saturated carbocycles. The number of fused-ring (bicyclic) bond motifs is 2. The molecule has 130 valence electrons. The van der Waals surface area contributed by atoms with E-state index in [1.54, 1.807) is 11.6 Å². The second-order valence-electron chi connectivity index (χ2n) is 6.05. The van der Waals surface area contributed by atoms with E-state index < -0.39 is 0 Å². The van der Waals surface area contributed by atoms with Gasteiger partial charge in [0.05, 0.1) is 21.4 Å². The highest BCUT2D eigenvalue weighted by Crippen LogP contribution is 2.31. The maximum atomic E-state index is 12.6. The number of carbonyl (C=O) groups is 1. The molecule has 0 aliphatic rings. The van der Waals surface area contributed by atoms with Crippen LogP contribution in [0.3, 0.4) is 0 Å². The van der Waals surface area contributed by atoms with Gasteiger partial charge in [0.25, 0.3) is 5.91 Å². The number of nitrogens with one attached hydrogen (secondary N) is 1. The van der Waals surface area contributed by atoms with E-state index in [1.807, 2.05) is 35.7 Å². The minimum atomic E-state index is -0.163. The van der Waals surface area contributed by atoms with E-state index in [1.165, 1.54) is 28.1 Å². The topological polar surface area (TPSA) is 54.9 Å². The van der Waals surface area contributed by atoms with Crippen LogP contribution in [0.4, 0.5) is 5.13 Å². The summed E-state index contributed by atoms with van der Waals surface area (Å²) in [6.45, 7) is 0. The molecule has 0 aliphatic heterocycles. The van der Waals surface area contributed by atoms with Crippen molar-refractivity contribution in [3.05, 3.63) is 77.1 Å². The quantitative estimate of drug-likeness (QED) is 0.424. The Hall–Kier alpha value is -3.09. The highest BCUT2D eigenvalue weighted by Gasteiger charge is 2.12. The van der Waals surface area contributed by atoms with Crippen LogP contribution in [0.5, 0.6) is 0 Å². The maximum absolute atomic E-state index is 12.6. The molecule has 5 aromatic rings. The molecule has 5 rings (SSSR count). The summed E-state index contributed by atoms with van der Waals surface area (Å²) in [6.07, 6.45) is 0. The molecule has 0 atom stereocenters. The Labute approximate surface area is 163 Å². The highest BCUT2D eigenvalue weighted by molar-refractivity contribution is 7.16. The lowest BCUT2D eigenvalue weighted by Gasteiger charge is -2.04. The molecule has 2 aromatic heterocycles. The van der Waals surface area contributed by atoms with Crippen LogP contribution < -0.4 is 5.32 Å². The van der Waals surface area contributed by atoms with Crippen LogP contribution in [0.2, 0.25) is 0 Å². The number of hydrogen-bond donors (Lipinski definition) is 1. The second-order valence-corrected chi connectivity index (χ2v) is 7.80. The highest BCUT2D eigenvalue weighted by atomic mass is 32.1. The zero-order valence-electron chi connectivity index (χ0n) is 14.0. The Bertz CT molecular complexity index is 1280. The Morgan fingerprint density at radius 2 is 1.85 bits per heavy atom. The third-order valence-electron chi connectivity index (χ3n) is 4.38. The van der Waals surface area contributed by atoms with Crippen LogP contribution in [0.25, 0.3) is 32.2 Å². The Balaban J connectivity index is 1.44. The molecule has 0 radical (unpaired) electrons. The number of benzene rings is 3. The van der Waals surface area contributed by atoms with E-state index in [4.69, 9.17) is 0 Å². The molecule has 2 heterocycles. The predicted molar refractivity (Wildman–Crippen MR) is 113 cm³/mol. The molecule has 0 saturated heterocycles. The van der Waals surface area contributed by atoms with Crippen molar-refractivity contribution in [2.75, 3.05) is 5.32 Å². The van der Waals surface area contributed by atoms with Gasteiger partial charge in [-0.1, -0.05) is 42.5 Å². The lowest BCUT2D eigenvalue weighted by molar-refractivity contribution is 0.102. The predicted octanol–water partition coefficient (Wildman–Crippen LogP) is 5.83. The molecule has 0 aliphatic carbocycles. The third kappa shape index (κ3) is 2.99. The van der Waals surface area contributed by atoms with E-state index in [0.29, 0.717) is 10.7 Å².